The number of hydrogen-bond acceptors (Lipinski definition) is 11. The predicted octanol–water partition coefficient (Wildman–Crippen LogP) is 4.09. The third-order valence-corrected chi connectivity index (χ3v) is 8.67. The Morgan fingerprint density at radius 2 is 0.673 bits per heavy atom. The zero-order chi connectivity index (χ0) is 42.7. The van der Waals surface area contributed by atoms with Crippen LogP contribution in [0.2, 0.25) is 0 Å². The molecule has 0 heterocycles. The first-order valence-electron chi connectivity index (χ1n) is 15.8. The SMILES string of the molecule is CCN(CCOCCOCCOCCOCCOCCOCCOCCOCCO)S(=O)(=O)C(F)(F)C(F)(F)C(F)(F)C(F)(F)C(F)(F)C(F)(F)C(F)(F)F. The molecule has 0 spiro atoms. The zero-order valence-corrected chi connectivity index (χ0v) is 29.8. The van der Waals surface area contributed by atoms with Crippen molar-refractivity contribution >= 4 is 10.0 Å². The quantitative estimate of drug-likeness (QED) is 0.0742. The summed E-state index contributed by atoms with van der Waals surface area (Å²) in [4.78, 5) is 0. The molecule has 0 unspecified atom stereocenters. The molecule has 1 N–H and O–H groups in total. The maximum atomic E-state index is 14.4. The fourth-order valence-electron chi connectivity index (χ4n) is 3.60. The molecule has 0 aromatic carbocycles. The highest BCUT2D eigenvalue weighted by Gasteiger charge is 2.94. The predicted molar refractivity (Wildman–Crippen MR) is 156 cm³/mol. The van der Waals surface area contributed by atoms with Gasteiger partial charge in [0.15, 0.2) is 0 Å². The van der Waals surface area contributed by atoms with E-state index in [9.17, 15) is 74.3 Å². The van der Waals surface area contributed by atoms with Gasteiger partial charge in [-0.3, -0.25) is 0 Å². The molecular formula is C27H42F15NO11S. The van der Waals surface area contributed by atoms with Crippen LogP contribution in [0.3, 0.4) is 0 Å². The molecule has 0 aromatic rings. The van der Waals surface area contributed by atoms with E-state index in [-0.39, 0.29) is 59.5 Å². The first-order chi connectivity index (χ1) is 25.3. The highest BCUT2D eigenvalue weighted by atomic mass is 32.2. The molecule has 0 atom stereocenters. The van der Waals surface area contributed by atoms with E-state index in [1.54, 1.807) is 0 Å². The number of halogens is 15. The molecule has 0 rings (SSSR count). The number of alkyl halides is 15. The summed E-state index contributed by atoms with van der Waals surface area (Å²) in [6, 6.07) is 0. The first-order valence-corrected chi connectivity index (χ1v) is 17.3. The van der Waals surface area contributed by atoms with Crippen molar-refractivity contribution in [2.75, 3.05) is 125 Å². The van der Waals surface area contributed by atoms with Gasteiger partial charge in [0.2, 0.25) is 0 Å². The van der Waals surface area contributed by atoms with Crippen LogP contribution in [0.4, 0.5) is 65.9 Å². The van der Waals surface area contributed by atoms with Crippen LogP contribution in [0, 0.1) is 0 Å². The van der Waals surface area contributed by atoms with E-state index in [0.717, 1.165) is 0 Å². The Balaban J connectivity index is 4.49. The minimum atomic E-state index is -8.61. The Hall–Kier alpha value is -1.50. The van der Waals surface area contributed by atoms with Crippen molar-refractivity contribution in [3.8, 4) is 0 Å². The van der Waals surface area contributed by atoms with Crippen molar-refractivity contribution in [2.45, 2.75) is 48.0 Å². The van der Waals surface area contributed by atoms with Gasteiger partial charge in [0.05, 0.1) is 112 Å². The Bertz CT molecular complexity index is 1150. The topological polar surface area (TPSA) is 131 Å². The molecule has 12 nitrogen and oxygen atoms in total. The molecular weight excluding hydrogens is 831 g/mol. The van der Waals surface area contributed by atoms with Crippen LogP contribution in [0.5, 0.6) is 0 Å². The summed E-state index contributed by atoms with van der Waals surface area (Å²) in [6.07, 6.45) is -7.78. The van der Waals surface area contributed by atoms with E-state index in [2.05, 4.69) is 0 Å². The Labute approximate surface area is 305 Å². The molecule has 0 saturated heterocycles. The molecule has 55 heavy (non-hydrogen) atoms. The van der Waals surface area contributed by atoms with Crippen molar-refractivity contribution in [1.29, 1.82) is 0 Å². The van der Waals surface area contributed by atoms with Gasteiger partial charge >= 0.3 is 41.0 Å². The van der Waals surface area contributed by atoms with Gasteiger partial charge in [0, 0.05) is 13.1 Å². The van der Waals surface area contributed by atoms with Crippen LogP contribution in [0.25, 0.3) is 0 Å². The average Bonchev–Trinajstić information content (AvgIpc) is 3.08. The Morgan fingerprint density at radius 1 is 0.418 bits per heavy atom. The van der Waals surface area contributed by atoms with E-state index < -0.39 is 81.7 Å². The third kappa shape index (κ3) is 14.4. The molecule has 0 aliphatic carbocycles. The number of nitrogens with zero attached hydrogens (tertiary/aromatic N) is 1. The zero-order valence-electron chi connectivity index (χ0n) is 29.0. The lowest BCUT2D eigenvalue weighted by Crippen LogP contribution is -2.73. The second kappa shape index (κ2) is 23.8. The largest absolute Gasteiger partial charge is 0.460 e. The lowest BCUT2D eigenvalue weighted by Gasteiger charge is -2.41. The summed E-state index contributed by atoms with van der Waals surface area (Å²) >= 11 is 0. The van der Waals surface area contributed by atoms with Crippen LogP contribution in [-0.2, 0) is 47.9 Å². The second-order valence-corrected chi connectivity index (χ2v) is 12.5. The highest BCUT2D eigenvalue weighted by Crippen LogP contribution is 2.63. The number of rotatable bonds is 34. The number of aliphatic hydroxyl groups is 1. The first kappa shape index (κ1) is 53.5. The van der Waals surface area contributed by atoms with Crippen molar-refractivity contribution in [3.63, 3.8) is 0 Å². The molecule has 0 bridgehead atoms. The van der Waals surface area contributed by atoms with Crippen molar-refractivity contribution in [1.82, 2.24) is 4.31 Å². The number of aliphatic hydroxyl groups excluding tert-OH is 1. The number of likely N-dealkylation sites (N-methyl/N-ethyl adjacent to an activating group) is 1. The Morgan fingerprint density at radius 3 is 0.945 bits per heavy atom. The van der Waals surface area contributed by atoms with Gasteiger partial charge in [-0.15, -0.1) is 0 Å². The summed E-state index contributed by atoms with van der Waals surface area (Å²) < 4.78 is 267. The number of ether oxygens (including phenoxy) is 8. The lowest BCUT2D eigenvalue weighted by atomic mass is 9.94. The maximum absolute atomic E-state index is 14.4. The van der Waals surface area contributed by atoms with Crippen LogP contribution in [-0.4, -0.2) is 184 Å². The standard InChI is InChI=1S/C27H42F15NO11S/c1-2-43(55(45,46)27(41,42)25(36,37)23(32,33)21(28,29)22(30,31)24(34,35)26(38,39)40)3-5-47-7-9-49-11-13-51-15-17-53-19-20-54-18-16-52-14-12-50-10-8-48-6-4-44/h44H,2-20H2,1H3. The lowest BCUT2D eigenvalue weighted by molar-refractivity contribution is -0.447. The van der Waals surface area contributed by atoms with Gasteiger partial charge in [0.1, 0.15) is 0 Å². The molecule has 28 heteroatoms. The van der Waals surface area contributed by atoms with Crippen LogP contribution in [0.15, 0.2) is 0 Å². The Kier molecular flexibility index (Phi) is 23.1. The van der Waals surface area contributed by atoms with Gasteiger partial charge in [-0.25, -0.2) is 8.42 Å². The fourth-order valence-corrected chi connectivity index (χ4v) is 5.03. The van der Waals surface area contributed by atoms with E-state index in [1.165, 1.54) is 0 Å². The van der Waals surface area contributed by atoms with Crippen molar-refractivity contribution < 1.29 is 117 Å². The van der Waals surface area contributed by atoms with E-state index in [1.807, 2.05) is 0 Å². The summed E-state index contributed by atoms with van der Waals surface area (Å²) in [6.45, 7) is -0.581. The van der Waals surface area contributed by atoms with Crippen LogP contribution < -0.4 is 0 Å². The van der Waals surface area contributed by atoms with Gasteiger partial charge in [-0.2, -0.15) is 70.2 Å². The molecule has 0 aliphatic heterocycles. The molecule has 0 radical (unpaired) electrons. The maximum Gasteiger partial charge on any atom is 0.460 e. The normalized spacial score (nSPS) is 14.4. The summed E-state index contributed by atoms with van der Waals surface area (Å²) in [7, 11) is -7.27. The van der Waals surface area contributed by atoms with Crippen LogP contribution in [0.1, 0.15) is 6.92 Å². The molecule has 0 amide bonds. The average molecular weight is 874 g/mol. The summed E-state index contributed by atoms with van der Waals surface area (Å²) in [5.41, 5.74) is 0. The molecule has 0 aliphatic rings. The molecule has 0 saturated carbocycles. The minimum absolute atomic E-state index is 0.0329. The monoisotopic (exact) mass is 873 g/mol. The van der Waals surface area contributed by atoms with Crippen molar-refractivity contribution in [2.24, 2.45) is 0 Å². The number of sulfonamides is 1. The molecule has 0 aromatic heterocycles. The summed E-state index contributed by atoms with van der Waals surface area (Å²) in [5, 5.41) is 1.06. The van der Waals surface area contributed by atoms with Crippen molar-refractivity contribution in [3.05, 3.63) is 0 Å². The van der Waals surface area contributed by atoms with Gasteiger partial charge < -0.3 is 43.0 Å². The number of hydrogen-bond donors (Lipinski definition) is 1. The fraction of sp³-hybridized carbons (Fsp3) is 1.00. The third-order valence-electron chi connectivity index (χ3n) is 6.64. The molecule has 0 fully saturated rings. The van der Waals surface area contributed by atoms with Gasteiger partial charge in [-0.05, 0) is 0 Å². The summed E-state index contributed by atoms with van der Waals surface area (Å²) in [5.74, 6) is -42.0. The highest BCUT2D eigenvalue weighted by molar-refractivity contribution is 7.90. The minimum Gasteiger partial charge on any atom is -0.394 e. The molecule has 332 valence electrons. The van der Waals surface area contributed by atoms with E-state index >= 15 is 0 Å². The van der Waals surface area contributed by atoms with Gasteiger partial charge in [-0.1, -0.05) is 6.92 Å². The van der Waals surface area contributed by atoms with Crippen LogP contribution >= 0.6 is 0 Å². The second-order valence-electron chi connectivity index (χ2n) is 10.5. The smallest absolute Gasteiger partial charge is 0.394 e. The van der Waals surface area contributed by atoms with E-state index in [4.69, 9.17) is 43.0 Å². The van der Waals surface area contributed by atoms with Gasteiger partial charge in [0.25, 0.3) is 10.0 Å². The van der Waals surface area contributed by atoms with E-state index in [0.29, 0.717) is 46.6 Å².